The van der Waals surface area contributed by atoms with Gasteiger partial charge in [0.15, 0.2) is 5.13 Å². The number of thiazole rings is 1. The number of hydrogen-bond donors (Lipinski definition) is 2. The molecular weight excluding hydrogens is 274 g/mol. The second kappa shape index (κ2) is 7.71. The van der Waals surface area contributed by atoms with Crippen molar-refractivity contribution in [1.82, 2.24) is 10.3 Å². The summed E-state index contributed by atoms with van der Waals surface area (Å²) in [6.07, 6.45) is 3.64. The number of nitrogens with one attached hydrogen (secondary N) is 2. The summed E-state index contributed by atoms with van der Waals surface area (Å²) in [5.41, 5.74) is 0.982. The molecule has 1 aromatic heterocycles. The number of anilines is 1. The minimum Gasteiger partial charge on any atom is -0.378 e. The number of rotatable bonds is 7. The molecular formula is C14H23N3O2S. The molecule has 0 saturated carbocycles. The second-order valence-corrected chi connectivity index (χ2v) is 6.00. The van der Waals surface area contributed by atoms with Gasteiger partial charge in [-0.25, -0.2) is 4.98 Å². The third-order valence-electron chi connectivity index (χ3n) is 3.35. The summed E-state index contributed by atoms with van der Waals surface area (Å²) < 4.78 is 5.46. The first-order valence-electron chi connectivity index (χ1n) is 7.29. The number of ether oxygens (including phenoxy) is 1. The smallest absolute Gasteiger partial charge is 0.228 e. The lowest BCUT2D eigenvalue weighted by molar-refractivity contribution is -0.118. The van der Waals surface area contributed by atoms with E-state index in [-0.39, 0.29) is 18.1 Å². The maximum absolute atomic E-state index is 11.9. The highest BCUT2D eigenvalue weighted by atomic mass is 32.1. The summed E-state index contributed by atoms with van der Waals surface area (Å²) in [5.74, 6) is -0.00743. The number of carbonyl (C=O) groups is 1. The molecule has 5 nitrogen and oxygen atoms in total. The van der Waals surface area contributed by atoms with E-state index in [0.717, 1.165) is 38.1 Å². The fraction of sp³-hybridized carbons (Fsp3) is 0.714. The molecule has 1 aliphatic rings. The van der Waals surface area contributed by atoms with Crippen LogP contribution in [0.1, 0.15) is 51.3 Å². The molecule has 1 aliphatic heterocycles. The molecule has 20 heavy (non-hydrogen) atoms. The fourth-order valence-corrected chi connectivity index (χ4v) is 3.01. The molecule has 0 spiro atoms. The Balaban J connectivity index is 1.80. The number of hydrogen-bond acceptors (Lipinski definition) is 5. The van der Waals surface area contributed by atoms with Crippen LogP contribution in [0.5, 0.6) is 0 Å². The van der Waals surface area contributed by atoms with Gasteiger partial charge in [0.1, 0.15) is 0 Å². The van der Waals surface area contributed by atoms with E-state index in [4.69, 9.17) is 4.74 Å². The maximum Gasteiger partial charge on any atom is 0.228 e. The van der Waals surface area contributed by atoms with E-state index in [9.17, 15) is 4.79 Å². The largest absolute Gasteiger partial charge is 0.378 e. The number of amides is 1. The van der Waals surface area contributed by atoms with Gasteiger partial charge in [-0.2, -0.15) is 0 Å². The van der Waals surface area contributed by atoms with E-state index in [1.54, 1.807) is 0 Å². The molecule has 6 heteroatoms. The van der Waals surface area contributed by atoms with E-state index in [1.807, 2.05) is 5.38 Å². The van der Waals surface area contributed by atoms with Crippen LogP contribution < -0.4 is 10.6 Å². The maximum atomic E-state index is 11.9. The number of carbonyl (C=O) groups excluding carboxylic acids is 1. The first-order valence-corrected chi connectivity index (χ1v) is 8.17. The lowest BCUT2D eigenvalue weighted by atomic mass is 10.2. The van der Waals surface area contributed by atoms with Gasteiger partial charge < -0.3 is 15.4 Å². The van der Waals surface area contributed by atoms with Crippen molar-refractivity contribution in [2.75, 3.05) is 18.5 Å². The van der Waals surface area contributed by atoms with Crippen molar-refractivity contribution in [3.05, 3.63) is 11.1 Å². The lowest BCUT2D eigenvalue weighted by Crippen LogP contribution is -2.20. The van der Waals surface area contributed by atoms with E-state index < -0.39 is 0 Å². The summed E-state index contributed by atoms with van der Waals surface area (Å²) in [5, 5.41) is 8.92. The van der Waals surface area contributed by atoms with Crippen LogP contribution in [0, 0.1) is 0 Å². The minimum atomic E-state index is -0.00743. The van der Waals surface area contributed by atoms with Gasteiger partial charge in [0.2, 0.25) is 5.91 Å². The quantitative estimate of drug-likeness (QED) is 0.812. The lowest BCUT2D eigenvalue weighted by Gasteiger charge is -2.10. The van der Waals surface area contributed by atoms with Crippen molar-refractivity contribution in [2.45, 2.75) is 51.7 Å². The van der Waals surface area contributed by atoms with Crippen LogP contribution in [0.2, 0.25) is 0 Å². The average Bonchev–Trinajstić information content (AvgIpc) is 3.07. The zero-order chi connectivity index (χ0) is 14.4. The molecule has 2 rings (SSSR count). The standard InChI is InChI=1S/C14H23N3O2S/c1-3-6-15-10(2)12-9-20-14(16-12)17-13(18)8-11-5-4-7-19-11/h9-11,15H,3-8H2,1-2H3,(H,16,17,18). The highest BCUT2D eigenvalue weighted by molar-refractivity contribution is 7.13. The summed E-state index contributed by atoms with van der Waals surface area (Å²) in [6, 6.07) is 0.218. The van der Waals surface area contributed by atoms with Crippen LogP contribution in [0.25, 0.3) is 0 Å². The first-order chi connectivity index (χ1) is 9.69. The molecule has 1 amide bonds. The van der Waals surface area contributed by atoms with Gasteiger partial charge in [-0.1, -0.05) is 6.92 Å². The Morgan fingerprint density at radius 1 is 1.65 bits per heavy atom. The van der Waals surface area contributed by atoms with E-state index in [2.05, 4.69) is 29.5 Å². The van der Waals surface area contributed by atoms with Crippen molar-refractivity contribution in [2.24, 2.45) is 0 Å². The Morgan fingerprint density at radius 2 is 2.50 bits per heavy atom. The summed E-state index contributed by atoms with van der Waals surface area (Å²) >= 11 is 1.47. The van der Waals surface area contributed by atoms with Gasteiger partial charge in [0.05, 0.1) is 18.2 Å². The molecule has 2 unspecified atom stereocenters. The van der Waals surface area contributed by atoms with Crippen LogP contribution in [-0.4, -0.2) is 30.1 Å². The van der Waals surface area contributed by atoms with Gasteiger partial charge >= 0.3 is 0 Å². The highest BCUT2D eigenvalue weighted by Crippen LogP contribution is 2.21. The Kier molecular flexibility index (Phi) is 5.94. The molecule has 1 saturated heterocycles. The third-order valence-corrected chi connectivity index (χ3v) is 4.13. The molecule has 2 atom stereocenters. The molecule has 0 bridgehead atoms. The van der Waals surface area contributed by atoms with Crippen molar-refractivity contribution >= 4 is 22.4 Å². The van der Waals surface area contributed by atoms with Crippen LogP contribution in [0.4, 0.5) is 5.13 Å². The van der Waals surface area contributed by atoms with Crippen molar-refractivity contribution < 1.29 is 9.53 Å². The normalized spacial score (nSPS) is 20.0. The number of nitrogens with zero attached hydrogens (tertiary/aromatic N) is 1. The Bertz CT molecular complexity index is 430. The monoisotopic (exact) mass is 297 g/mol. The van der Waals surface area contributed by atoms with Crippen LogP contribution >= 0.6 is 11.3 Å². The average molecular weight is 297 g/mol. The molecule has 112 valence electrons. The zero-order valence-electron chi connectivity index (χ0n) is 12.1. The molecule has 2 N–H and O–H groups in total. The summed E-state index contributed by atoms with van der Waals surface area (Å²) in [6.45, 7) is 5.97. The topological polar surface area (TPSA) is 63.2 Å². The molecule has 0 radical (unpaired) electrons. The Labute approximate surface area is 124 Å². The molecule has 0 aromatic carbocycles. The number of aromatic nitrogens is 1. The van der Waals surface area contributed by atoms with Crippen molar-refractivity contribution in [1.29, 1.82) is 0 Å². The predicted molar refractivity (Wildman–Crippen MR) is 81.0 cm³/mol. The van der Waals surface area contributed by atoms with Crippen molar-refractivity contribution in [3.8, 4) is 0 Å². The predicted octanol–water partition coefficient (Wildman–Crippen LogP) is 2.71. The zero-order valence-corrected chi connectivity index (χ0v) is 13.0. The van der Waals surface area contributed by atoms with Crippen LogP contribution in [0.3, 0.4) is 0 Å². The molecule has 0 aliphatic carbocycles. The SMILES string of the molecule is CCCNC(C)c1csc(NC(=O)CC2CCCO2)n1. The highest BCUT2D eigenvalue weighted by Gasteiger charge is 2.20. The fourth-order valence-electron chi connectivity index (χ4n) is 2.19. The second-order valence-electron chi connectivity index (χ2n) is 5.14. The van der Waals surface area contributed by atoms with E-state index in [0.29, 0.717) is 11.6 Å². The summed E-state index contributed by atoms with van der Waals surface area (Å²) in [7, 11) is 0. The first kappa shape index (κ1) is 15.4. The van der Waals surface area contributed by atoms with E-state index >= 15 is 0 Å². The van der Waals surface area contributed by atoms with Crippen LogP contribution in [0.15, 0.2) is 5.38 Å². The molecule has 1 fully saturated rings. The van der Waals surface area contributed by atoms with Gasteiger partial charge in [0, 0.05) is 18.0 Å². The van der Waals surface area contributed by atoms with Gasteiger partial charge in [-0.15, -0.1) is 11.3 Å². The van der Waals surface area contributed by atoms with E-state index in [1.165, 1.54) is 11.3 Å². The van der Waals surface area contributed by atoms with Gasteiger partial charge in [-0.05, 0) is 32.7 Å². The van der Waals surface area contributed by atoms with Gasteiger partial charge in [-0.3, -0.25) is 4.79 Å². The molecule has 1 aromatic rings. The Hall–Kier alpha value is -0.980. The van der Waals surface area contributed by atoms with Crippen LogP contribution in [-0.2, 0) is 9.53 Å². The third kappa shape index (κ3) is 4.54. The van der Waals surface area contributed by atoms with Gasteiger partial charge in [0.25, 0.3) is 0 Å². The Morgan fingerprint density at radius 3 is 3.20 bits per heavy atom. The van der Waals surface area contributed by atoms with Crippen molar-refractivity contribution in [3.63, 3.8) is 0 Å². The molecule has 2 heterocycles. The minimum absolute atomic E-state index is 0.00743. The summed E-state index contributed by atoms with van der Waals surface area (Å²) in [4.78, 5) is 16.3.